The third-order valence-corrected chi connectivity index (χ3v) is 3.15. The van der Waals surface area contributed by atoms with Crippen LogP contribution in [0.1, 0.15) is 13.8 Å². The number of benzene rings is 1. The fourth-order valence-corrected chi connectivity index (χ4v) is 2.07. The molecule has 2 amide bonds. The monoisotopic (exact) mass is 248 g/mol. The number of aliphatic hydroxyl groups is 1. The Morgan fingerprint density at radius 3 is 2.50 bits per heavy atom. The van der Waals surface area contributed by atoms with Gasteiger partial charge in [-0.1, -0.05) is 18.2 Å². The minimum absolute atomic E-state index is 0.279. The molecule has 5 heteroatoms. The minimum atomic E-state index is -0.929. The van der Waals surface area contributed by atoms with Crippen molar-refractivity contribution in [3.63, 3.8) is 0 Å². The molecule has 5 nitrogen and oxygen atoms in total. The van der Waals surface area contributed by atoms with Crippen molar-refractivity contribution < 1.29 is 14.7 Å². The van der Waals surface area contributed by atoms with Gasteiger partial charge in [0.15, 0.2) is 0 Å². The Balaban J connectivity index is 2.41. The van der Waals surface area contributed by atoms with Crippen molar-refractivity contribution >= 4 is 17.5 Å². The van der Waals surface area contributed by atoms with E-state index in [-0.39, 0.29) is 18.4 Å². The Kier molecular flexibility index (Phi) is 3.09. The summed E-state index contributed by atoms with van der Waals surface area (Å²) in [5.41, 5.74) is -0.167. The first-order chi connectivity index (χ1) is 8.49. The van der Waals surface area contributed by atoms with E-state index in [0.29, 0.717) is 6.54 Å². The maximum atomic E-state index is 12.2. The quantitative estimate of drug-likeness (QED) is 0.840. The molecule has 0 radical (unpaired) electrons. The molecule has 1 heterocycles. The van der Waals surface area contributed by atoms with Crippen molar-refractivity contribution in [1.29, 1.82) is 0 Å². The molecule has 1 aromatic carbocycles. The second kappa shape index (κ2) is 4.42. The molecular formula is C13H16N2O3. The first-order valence-corrected chi connectivity index (χ1v) is 5.78. The lowest BCUT2D eigenvalue weighted by atomic mass is 9.92. The molecule has 1 saturated heterocycles. The van der Waals surface area contributed by atoms with E-state index in [1.165, 1.54) is 6.92 Å². The smallest absolute Gasteiger partial charge is 0.258 e. The molecular weight excluding hydrogens is 232 g/mol. The van der Waals surface area contributed by atoms with Crippen LogP contribution in [0.5, 0.6) is 0 Å². The SMILES string of the molecule is CC(=O)N1C(=O)C(C)(CO)CN1c1ccccc1. The minimum Gasteiger partial charge on any atom is -0.395 e. The molecule has 1 aromatic rings. The van der Waals surface area contributed by atoms with Gasteiger partial charge in [0, 0.05) is 6.92 Å². The maximum Gasteiger partial charge on any atom is 0.258 e. The lowest BCUT2D eigenvalue weighted by molar-refractivity contribution is -0.146. The number of aliphatic hydroxyl groups excluding tert-OH is 1. The van der Waals surface area contributed by atoms with Crippen LogP contribution in [-0.4, -0.2) is 35.1 Å². The molecule has 1 aliphatic heterocycles. The number of anilines is 1. The van der Waals surface area contributed by atoms with Crippen molar-refractivity contribution in [2.24, 2.45) is 5.41 Å². The predicted octanol–water partition coefficient (Wildman–Crippen LogP) is 0.795. The van der Waals surface area contributed by atoms with Gasteiger partial charge in [-0.2, -0.15) is 5.01 Å². The van der Waals surface area contributed by atoms with Gasteiger partial charge in [-0.15, -0.1) is 0 Å². The normalized spacial score (nSPS) is 23.6. The molecule has 0 saturated carbocycles. The van der Waals surface area contributed by atoms with Gasteiger partial charge in [0.25, 0.3) is 5.91 Å². The molecule has 2 rings (SSSR count). The molecule has 1 fully saturated rings. The Morgan fingerprint density at radius 1 is 1.39 bits per heavy atom. The second-order valence-electron chi connectivity index (χ2n) is 4.75. The Bertz CT molecular complexity index is 474. The second-order valence-corrected chi connectivity index (χ2v) is 4.75. The fourth-order valence-electron chi connectivity index (χ4n) is 2.07. The van der Waals surface area contributed by atoms with Crippen LogP contribution in [0.3, 0.4) is 0 Å². The van der Waals surface area contributed by atoms with E-state index >= 15 is 0 Å². The van der Waals surface area contributed by atoms with Crippen LogP contribution in [0, 0.1) is 5.41 Å². The molecule has 0 bridgehead atoms. The zero-order chi connectivity index (χ0) is 13.3. The van der Waals surface area contributed by atoms with Gasteiger partial charge in [-0.25, -0.2) is 0 Å². The van der Waals surface area contributed by atoms with E-state index < -0.39 is 5.41 Å². The topological polar surface area (TPSA) is 60.9 Å². The van der Waals surface area contributed by atoms with E-state index in [1.54, 1.807) is 11.9 Å². The summed E-state index contributed by atoms with van der Waals surface area (Å²) in [5, 5.41) is 12.1. The number of amides is 2. The highest BCUT2D eigenvalue weighted by molar-refractivity contribution is 6.01. The first kappa shape index (κ1) is 12.6. The summed E-state index contributed by atoms with van der Waals surface area (Å²) in [7, 11) is 0. The van der Waals surface area contributed by atoms with Gasteiger partial charge in [0.2, 0.25) is 5.91 Å². The van der Waals surface area contributed by atoms with Crippen LogP contribution >= 0.6 is 0 Å². The average Bonchev–Trinajstić information content (AvgIpc) is 2.64. The highest BCUT2D eigenvalue weighted by atomic mass is 16.3. The molecule has 1 atom stereocenters. The summed E-state index contributed by atoms with van der Waals surface area (Å²) in [6.07, 6.45) is 0. The number of imide groups is 1. The highest BCUT2D eigenvalue weighted by Crippen LogP contribution is 2.33. The number of hydrazine groups is 1. The number of carbonyl (C=O) groups excluding carboxylic acids is 2. The summed E-state index contributed by atoms with van der Waals surface area (Å²) < 4.78 is 0. The number of hydrogen-bond donors (Lipinski definition) is 1. The molecule has 18 heavy (non-hydrogen) atoms. The number of rotatable bonds is 2. The zero-order valence-electron chi connectivity index (χ0n) is 10.5. The van der Waals surface area contributed by atoms with Gasteiger partial charge in [-0.05, 0) is 19.1 Å². The summed E-state index contributed by atoms with van der Waals surface area (Å²) in [4.78, 5) is 23.8. The van der Waals surface area contributed by atoms with Gasteiger partial charge >= 0.3 is 0 Å². The lowest BCUT2D eigenvalue weighted by Gasteiger charge is -2.26. The molecule has 96 valence electrons. The van der Waals surface area contributed by atoms with E-state index in [9.17, 15) is 14.7 Å². The molecule has 0 spiro atoms. The fraction of sp³-hybridized carbons (Fsp3) is 0.385. The Hall–Kier alpha value is -1.88. The van der Waals surface area contributed by atoms with Crippen LogP contribution in [0.4, 0.5) is 5.69 Å². The van der Waals surface area contributed by atoms with E-state index in [0.717, 1.165) is 10.7 Å². The highest BCUT2D eigenvalue weighted by Gasteiger charge is 2.49. The average molecular weight is 248 g/mol. The van der Waals surface area contributed by atoms with Gasteiger partial charge in [0.05, 0.1) is 24.3 Å². The Morgan fingerprint density at radius 2 is 2.00 bits per heavy atom. The standard InChI is InChI=1S/C13H16N2O3/c1-10(17)15-12(18)13(2,9-16)8-14(15)11-6-4-3-5-7-11/h3-7,16H,8-9H2,1-2H3. The third kappa shape index (κ3) is 1.86. The van der Waals surface area contributed by atoms with Crippen LogP contribution in [0.2, 0.25) is 0 Å². The summed E-state index contributed by atoms with van der Waals surface area (Å²) >= 11 is 0. The van der Waals surface area contributed by atoms with Crippen molar-refractivity contribution in [3.05, 3.63) is 30.3 Å². The third-order valence-electron chi connectivity index (χ3n) is 3.15. The molecule has 1 unspecified atom stereocenters. The molecule has 0 aliphatic carbocycles. The predicted molar refractivity (Wildman–Crippen MR) is 66.5 cm³/mol. The number of nitrogens with zero attached hydrogens (tertiary/aromatic N) is 2. The summed E-state index contributed by atoms with van der Waals surface area (Å²) in [6, 6.07) is 9.20. The first-order valence-electron chi connectivity index (χ1n) is 5.78. The van der Waals surface area contributed by atoms with Crippen molar-refractivity contribution in [3.8, 4) is 0 Å². The lowest BCUT2D eigenvalue weighted by Crippen LogP contribution is -2.43. The van der Waals surface area contributed by atoms with E-state index in [4.69, 9.17) is 0 Å². The summed E-state index contributed by atoms with van der Waals surface area (Å²) in [6.45, 7) is 3.02. The number of hydrogen-bond acceptors (Lipinski definition) is 4. The van der Waals surface area contributed by atoms with E-state index in [1.807, 2.05) is 30.3 Å². The molecule has 1 aliphatic rings. The van der Waals surface area contributed by atoms with Crippen LogP contribution in [-0.2, 0) is 9.59 Å². The van der Waals surface area contributed by atoms with Crippen molar-refractivity contribution in [2.45, 2.75) is 13.8 Å². The summed E-state index contributed by atoms with van der Waals surface area (Å²) in [5.74, 6) is -0.706. The largest absolute Gasteiger partial charge is 0.395 e. The van der Waals surface area contributed by atoms with Gasteiger partial charge < -0.3 is 5.11 Å². The van der Waals surface area contributed by atoms with Gasteiger partial charge in [0.1, 0.15) is 0 Å². The van der Waals surface area contributed by atoms with Crippen molar-refractivity contribution in [1.82, 2.24) is 5.01 Å². The van der Waals surface area contributed by atoms with Gasteiger partial charge in [-0.3, -0.25) is 14.6 Å². The van der Waals surface area contributed by atoms with E-state index in [2.05, 4.69) is 0 Å². The maximum absolute atomic E-state index is 12.2. The van der Waals surface area contributed by atoms with Crippen LogP contribution in [0.15, 0.2) is 30.3 Å². The molecule has 0 aromatic heterocycles. The number of para-hydroxylation sites is 1. The Labute approximate surface area is 106 Å². The van der Waals surface area contributed by atoms with Crippen LogP contribution in [0.25, 0.3) is 0 Å². The molecule has 1 N–H and O–H groups in total. The van der Waals surface area contributed by atoms with Crippen LogP contribution < -0.4 is 5.01 Å². The van der Waals surface area contributed by atoms with Crippen molar-refractivity contribution in [2.75, 3.05) is 18.2 Å². The number of carbonyl (C=O) groups is 2. The zero-order valence-corrected chi connectivity index (χ0v) is 10.5.